The first-order valence-electron chi connectivity index (χ1n) is 3.39. The molecule has 0 fully saturated rings. The molecule has 0 saturated heterocycles. The maximum atomic E-state index is 13.6. The molecule has 1 atom stereocenters. The van der Waals surface area contributed by atoms with Crippen molar-refractivity contribution < 1.29 is 24.2 Å². The fraction of sp³-hybridized carbons (Fsp3) is 0.143. The lowest BCUT2D eigenvalue weighted by Crippen LogP contribution is -2.51. The minimum atomic E-state index is -3.18. The summed E-state index contributed by atoms with van der Waals surface area (Å²) < 4.78 is 13.6. The van der Waals surface area contributed by atoms with Crippen molar-refractivity contribution in [1.82, 2.24) is 5.32 Å². The molecule has 1 heterocycles. The van der Waals surface area contributed by atoms with Crippen LogP contribution in [0, 0.1) is 0 Å². The molecule has 14 heavy (non-hydrogen) atoms. The summed E-state index contributed by atoms with van der Waals surface area (Å²) in [5.41, 5.74) is -0.922. The van der Waals surface area contributed by atoms with E-state index in [1.54, 1.807) is 5.32 Å². The molecule has 0 saturated carbocycles. The fourth-order valence-corrected chi connectivity index (χ4v) is 1.13. The van der Waals surface area contributed by atoms with E-state index in [4.69, 9.17) is 21.8 Å². The average Bonchev–Trinajstić information content (AvgIpc) is 2.02. The number of hydrogen-bond acceptors (Lipinski definition) is 3. The van der Waals surface area contributed by atoms with Gasteiger partial charge in [0.05, 0.1) is 0 Å². The molecule has 1 unspecified atom stereocenters. The van der Waals surface area contributed by atoms with Gasteiger partial charge in [-0.15, -0.1) is 0 Å². The van der Waals surface area contributed by atoms with Crippen LogP contribution in [-0.4, -0.2) is 27.9 Å². The average molecular weight is 222 g/mol. The molecule has 0 amide bonds. The van der Waals surface area contributed by atoms with E-state index in [1.165, 1.54) is 0 Å². The van der Waals surface area contributed by atoms with Gasteiger partial charge in [-0.2, -0.15) is 0 Å². The normalized spacial score (nSPS) is 25.9. The highest BCUT2D eigenvalue weighted by atomic mass is 35.5. The predicted octanol–water partition coefficient (Wildman–Crippen LogP) is 0.431. The second-order valence-electron chi connectivity index (χ2n) is 2.49. The zero-order valence-corrected chi connectivity index (χ0v) is 7.38. The summed E-state index contributed by atoms with van der Waals surface area (Å²) in [5, 5.41) is 18.5. The molecule has 76 valence electrons. The monoisotopic (exact) mass is 221 g/mol. The summed E-state index contributed by atoms with van der Waals surface area (Å²) in [5.74, 6) is -6.81. The minimum Gasteiger partial charge on any atom is -0.478 e. The number of allylic oxidation sites excluding steroid dienone is 2. The molecule has 1 rings (SSSR count). The third kappa shape index (κ3) is 1.56. The molecule has 1 aliphatic rings. The zero-order valence-electron chi connectivity index (χ0n) is 6.62. The van der Waals surface area contributed by atoms with Gasteiger partial charge in [0.15, 0.2) is 0 Å². The first-order chi connectivity index (χ1) is 6.38. The smallest absolute Gasteiger partial charge is 0.367 e. The Bertz CT molecular complexity index is 365. The number of alkyl halides is 1. The van der Waals surface area contributed by atoms with E-state index in [-0.39, 0.29) is 5.16 Å². The van der Waals surface area contributed by atoms with Gasteiger partial charge in [0.1, 0.15) is 10.7 Å². The lowest BCUT2D eigenvalue weighted by molar-refractivity contribution is -0.153. The summed E-state index contributed by atoms with van der Waals surface area (Å²) >= 11 is 5.32. The maximum absolute atomic E-state index is 13.6. The van der Waals surface area contributed by atoms with Crippen LogP contribution in [0.4, 0.5) is 4.39 Å². The minimum absolute atomic E-state index is 0.278. The van der Waals surface area contributed by atoms with Gasteiger partial charge in [0.25, 0.3) is 0 Å². The van der Waals surface area contributed by atoms with Crippen molar-refractivity contribution in [3.63, 3.8) is 0 Å². The second kappa shape index (κ2) is 3.30. The van der Waals surface area contributed by atoms with E-state index in [0.29, 0.717) is 0 Å². The summed E-state index contributed by atoms with van der Waals surface area (Å²) in [6.07, 6.45) is 1.86. The fourth-order valence-electron chi connectivity index (χ4n) is 0.932. The molecule has 7 heteroatoms. The Morgan fingerprint density at radius 2 is 2.00 bits per heavy atom. The number of carboxylic acid groups (broad SMARTS) is 2. The van der Waals surface area contributed by atoms with Crippen LogP contribution in [-0.2, 0) is 9.59 Å². The number of dihydropyridines is 1. The Morgan fingerprint density at radius 3 is 2.43 bits per heavy atom. The van der Waals surface area contributed by atoms with E-state index in [1.807, 2.05) is 0 Å². The van der Waals surface area contributed by atoms with Gasteiger partial charge in [-0.05, 0) is 12.2 Å². The van der Waals surface area contributed by atoms with Crippen molar-refractivity contribution >= 4 is 23.5 Å². The van der Waals surface area contributed by atoms with Crippen molar-refractivity contribution in [2.45, 2.75) is 5.79 Å². The van der Waals surface area contributed by atoms with Gasteiger partial charge in [0, 0.05) is 0 Å². The number of aliphatic carboxylic acids is 2. The van der Waals surface area contributed by atoms with Crippen molar-refractivity contribution in [3.8, 4) is 0 Å². The van der Waals surface area contributed by atoms with E-state index in [0.717, 1.165) is 12.2 Å². The highest BCUT2D eigenvalue weighted by Crippen LogP contribution is 2.26. The van der Waals surface area contributed by atoms with Crippen LogP contribution in [0.25, 0.3) is 0 Å². The Kier molecular flexibility index (Phi) is 2.48. The van der Waals surface area contributed by atoms with E-state index >= 15 is 0 Å². The standard InChI is InChI=1S/C7H5ClFNO4/c8-4-2-1-3(5(11)12)7(9,10-4)6(13)14/h1-2,10H,(H,11,12)(H,13,14). The summed E-state index contributed by atoms with van der Waals surface area (Å²) in [6, 6.07) is 0. The van der Waals surface area contributed by atoms with Crippen LogP contribution < -0.4 is 5.32 Å². The molecular weight excluding hydrogens is 217 g/mol. The topological polar surface area (TPSA) is 86.6 Å². The molecule has 0 bridgehead atoms. The number of halogens is 2. The molecule has 0 aromatic rings. The Labute approximate surface area is 82.5 Å². The van der Waals surface area contributed by atoms with Crippen LogP contribution >= 0.6 is 11.6 Å². The van der Waals surface area contributed by atoms with Crippen LogP contribution in [0.2, 0.25) is 0 Å². The summed E-state index contributed by atoms with van der Waals surface area (Å²) in [4.78, 5) is 21.0. The molecule has 3 N–H and O–H groups in total. The Hall–Kier alpha value is -1.56. The SMILES string of the molecule is O=C(O)C1=CC=C(Cl)NC1(F)C(=O)O. The molecule has 5 nitrogen and oxygen atoms in total. The number of hydrogen-bond donors (Lipinski definition) is 3. The molecule has 0 aliphatic carbocycles. The Morgan fingerprint density at radius 1 is 1.43 bits per heavy atom. The van der Waals surface area contributed by atoms with Gasteiger partial charge in [-0.3, -0.25) is 0 Å². The van der Waals surface area contributed by atoms with Gasteiger partial charge < -0.3 is 15.5 Å². The summed E-state index contributed by atoms with van der Waals surface area (Å²) in [6.45, 7) is 0. The third-order valence-corrected chi connectivity index (χ3v) is 1.80. The van der Waals surface area contributed by atoms with E-state index < -0.39 is 23.3 Å². The molecule has 1 aliphatic heterocycles. The number of nitrogens with one attached hydrogen (secondary N) is 1. The zero-order chi connectivity index (χ0) is 10.9. The lowest BCUT2D eigenvalue weighted by Gasteiger charge is -2.25. The maximum Gasteiger partial charge on any atom is 0.367 e. The first-order valence-corrected chi connectivity index (χ1v) is 3.77. The van der Waals surface area contributed by atoms with Gasteiger partial charge in [0.2, 0.25) is 0 Å². The van der Waals surface area contributed by atoms with Gasteiger partial charge in [-0.25, -0.2) is 14.0 Å². The highest BCUT2D eigenvalue weighted by Gasteiger charge is 2.48. The van der Waals surface area contributed by atoms with Crippen LogP contribution in [0.3, 0.4) is 0 Å². The lowest BCUT2D eigenvalue weighted by atomic mass is 10.0. The molecular formula is C7H5ClFNO4. The van der Waals surface area contributed by atoms with Crippen molar-refractivity contribution in [3.05, 3.63) is 22.9 Å². The largest absolute Gasteiger partial charge is 0.478 e. The third-order valence-electron chi connectivity index (χ3n) is 1.58. The van der Waals surface area contributed by atoms with Gasteiger partial charge in [-0.1, -0.05) is 11.6 Å². The first kappa shape index (κ1) is 10.5. The summed E-state index contributed by atoms with van der Waals surface area (Å²) in [7, 11) is 0. The van der Waals surface area contributed by atoms with E-state index in [2.05, 4.69) is 0 Å². The molecule has 0 radical (unpaired) electrons. The Balaban J connectivity index is 3.21. The molecule has 0 spiro atoms. The van der Waals surface area contributed by atoms with Crippen molar-refractivity contribution in [2.24, 2.45) is 0 Å². The van der Waals surface area contributed by atoms with Crippen LogP contribution in [0.15, 0.2) is 22.9 Å². The van der Waals surface area contributed by atoms with Crippen molar-refractivity contribution in [2.75, 3.05) is 0 Å². The molecule has 0 aromatic heterocycles. The predicted molar refractivity (Wildman–Crippen MR) is 44.3 cm³/mol. The number of carboxylic acids is 2. The number of rotatable bonds is 2. The van der Waals surface area contributed by atoms with E-state index in [9.17, 15) is 14.0 Å². The van der Waals surface area contributed by atoms with Crippen molar-refractivity contribution in [1.29, 1.82) is 0 Å². The highest BCUT2D eigenvalue weighted by molar-refractivity contribution is 6.29. The van der Waals surface area contributed by atoms with Crippen LogP contribution in [0.1, 0.15) is 0 Å². The number of carbonyl (C=O) groups is 2. The second-order valence-corrected chi connectivity index (χ2v) is 2.90. The van der Waals surface area contributed by atoms with Gasteiger partial charge >= 0.3 is 17.7 Å². The molecule has 0 aromatic carbocycles. The quantitative estimate of drug-likeness (QED) is 0.589. The van der Waals surface area contributed by atoms with Crippen LogP contribution in [0.5, 0.6) is 0 Å².